The average molecular weight is 456 g/mol. The lowest BCUT2D eigenvalue weighted by molar-refractivity contribution is -0.114. The maximum atomic E-state index is 12.9. The Morgan fingerprint density at radius 2 is 1.82 bits per heavy atom. The Morgan fingerprint density at radius 1 is 1.07 bits per heavy atom. The van der Waals surface area contributed by atoms with Crippen molar-refractivity contribution in [1.29, 1.82) is 0 Å². The zero-order chi connectivity index (χ0) is 19.8. The second kappa shape index (κ2) is 7.41. The molecule has 1 aromatic heterocycles. The Labute approximate surface area is 176 Å². The van der Waals surface area contributed by atoms with E-state index in [9.17, 15) is 4.79 Å². The first-order chi connectivity index (χ1) is 13.4. The van der Waals surface area contributed by atoms with Crippen molar-refractivity contribution in [2.75, 3.05) is 5.01 Å². The predicted molar refractivity (Wildman–Crippen MR) is 117 cm³/mol. The summed E-state index contributed by atoms with van der Waals surface area (Å²) >= 11 is 9.60. The van der Waals surface area contributed by atoms with Crippen LogP contribution >= 0.6 is 27.5 Å². The minimum Gasteiger partial charge on any atom is -0.457 e. The van der Waals surface area contributed by atoms with Crippen LogP contribution in [-0.4, -0.2) is 11.6 Å². The normalized spacial score (nSPS) is 15.4. The molecule has 0 radical (unpaired) electrons. The van der Waals surface area contributed by atoms with E-state index in [1.165, 1.54) is 5.01 Å². The number of hydrazone groups is 1. The van der Waals surface area contributed by atoms with Gasteiger partial charge in [-0.1, -0.05) is 39.7 Å². The summed E-state index contributed by atoms with van der Waals surface area (Å²) in [6.45, 7) is 3.76. The maximum Gasteiger partial charge on any atom is 0.280 e. The van der Waals surface area contributed by atoms with Crippen molar-refractivity contribution in [3.05, 3.63) is 81.0 Å². The fourth-order valence-electron chi connectivity index (χ4n) is 3.03. The van der Waals surface area contributed by atoms with Crippen molar-refractivity contribution >= 4 is 50.9 Å². The smallest absolute Gasteiger partial charge is 0.280 e. The van der Waals surface area contributed by atoms with E-state index in [0.29, 0.717) is 33.5 Å². The highest BCUT2D eigenvalue weighted by Crippen LogP contribution is 2.31. The quantitative estimate of drug-likeness (QED) is 0.424. The molecule has 4 nitrogen and oxygen atoms in total. The summed E-state index contributed by atoms with van der Waals surface area (Å²) in [4.78, 5) is 12.9. The highest BCUT2D eigenvalue weighted by Gasteiger charge is 2.29. The summed E-state index contributed by atoms with van der Waals surface area (Å²) in [6.07, 6.45) is 1.73. The molecule has 1 aliphatic heterocycles. The number of hydrogen-bond donors (Lipinski definition) is 0. The number of nitrogens with zero attached hydrogens (tertiary/aromatic N) is 2. The molecule has 0 spiro atoms. The van der Waals surface area contributed by atoms with E-state index in [4.69, 9.17) is 16.0 Å². The van der Waals surface area contributed by atoms with Crippen LogP contribution in [0.3, 0.4) is 0 Å². The first-order valence-corrected chi connectivity index (χ1v) is 9.84. The number of rotatable bonds is 3. The van der Waals surface area contributed by atoms with Crippen LogP contribution in [0, 0.1) is 6.92 Å². The number of amides is 1. The fourth-order valence-corrected chi connectivity index (χ4v) is 3.47. The molecule has 2 aromatic carbocycles. The third-order valence-corrected chi connectivity index (χ3v) is 5.52. The molecule has 140 valence electrons. The van der Waals surface area contributed by atoms with Crippen LogP contribution < -0.4 is 5.01 Å². The van der Waals surface area contributed by atoms with Gasteiger partial charge in [0.1, 0.15) is 11.5 Å². The molecule has 3 aromatic rings. The minimum atomic E-state index is -0.184. The number of furan rings is 1. The molecule has 0 unspecified atom stereocenters. The van der Waals surface area contributed by atoms with E-state index < -0.39 is 0 Å². The van der Waals surface area contributed by atoms with E-state index in [2.05, 4.69) is 21.0 Å². The number of hydrogen-bond acceptors (Lipinski definition) is 3. The summed E-state index contributed by atoms with van der Waals surface area (Å²) in [5.41, 5.74) is 3.74. The van der Waals surface area contributed by atoms with Crippen LogP contribution in [-0.2, 0) is 4.79 Å². The SMILES string of the molecule is CC1=NN(c2ccc(Br)cc2)C(=O)/C1=C/c1ccc(-c2cccc(Cl)c2C)o1. The molecule has 0 saturated heterocycles. The van der Waals surface area contributed by atoms with Crippen LogP contribution in [0.5, 0.6) is 0 Å². The van der Waals surface area contributed by atoms with E-state index in [1.54, 1.807) is 6.08 Å². The monoisotopic (exact) mass is 454 g/mol. The first-order valence-electron chi connectivity index (χ1n) is 8.66. The molecule has 28 heavy (non-hydrogen) atoms. The van der Waals surface area contributed by atoms with Crippen molar-refractivity contribution in [2.24, 2.45) is 5.10 Å². The van der Waals surface area contributed by atoms with Gasteiger partial charge in [-0.15, -0.1) is 0 Å². The molecule has 0 aliphatic carbocycles. The van der Waals surface area contributed by atoms with Gasteiger partial charge < -0.3 is 4.42 Å². The predicted octanol–water partition coefficient (Wildman–Crippen LogP) is 6.48. The Balaban J connectivity index is 1.64. The van der Waals surface area contributed by atoms with Crippen LogP contribution in [0.4, 0.5) is 5.69 Å². The van der Waals surface area contributed by atoms with Gasteiger partial charge in [-0.05, 0) is 68.0 Å². The topological polar surface area (TPSA) is 45.8 Å². The van der Waals surface area contributed by atoms with Gasteiger partial charge in [0.05, 0.1) is 17.0 Å². The van der Waals surface area contributed by atoms with Crippen molar-refractivity contribution in [2.45, 2.75) is 13.8 Å². The Hall–Kier alpha value is -2.63. The van der Waals surface area contributed by atoms with Gasteiger partial charge in [0.25, 0.3) is 5.91 Å². The summed E-state index contributed by atoms with van der Waals surface area (Å²) in [5, 5.41) is 6.48. The Kier molecular flexibility index (Phi) is 4.96. The zero-order valence-corrected chi connectivity index (χ0v) is 17.6. The van der Waals surface area contributed by atoms with Crippen LogP contribution in [0.1, 0.15) is 18.2 Å². The van der Waals surface area contributed by atoms with Gasteiger partial charge in [-0.25, -0.2) is 0 Å². The van der Waals surface area contributed by atoms with Gasteiger partial charge in [0, 0.05) is 15.1 Å². The van der Waals surface area contributed by atoms with Crippen molar-refractivity contribution in [3.63, 3.8) is 0 Å². The molecule has 1 aliphatic rings. The molecule has 0 fully saturated rings. The van der Waals surface area contributed by atoms with Gasteiger partial charge in [0.2, 0.25) is 0 Å². The first kappa shape index (κ1) is 18.7. The van der Waals surface area contributed by atoms with Crippen LogP contribution in [0.2, 0.25) is 5.02 Å². The molecule has 4 rings (SSSR count). The maximum absolute atomic E-state index is 12.9. The lowest BCUT2D eigenvalue weighted by atomic mass is 10.1. The number of carbonyl (C=O) groups excluding carboxylic acids is 1. The molecule has 0 atom stereocenters. The van der Waals surface area contributed by atoms with Crippen LogP contribution in [0.15, 0.2) is 74.2 Å². The lowest BCUT2D eigenvalue weighted by Gasteiger charge is -2.11. The zero-order valence-electron chi connectivity index (χ0n) is 15.2. The molecule has 6 heteroatoms. The molecule has 1 amide bonds. The van der Waals surface area contributed by atoms with Crippen molar-refractivity contribution < 1.29 is 9.21 Å². The minimum absolute atomic E-state index is 0.184. The van der Waals surface area contributed by atoms with Crippen molar-refractivity contribution in [3.8, 4) is 11.3 Å². The highest BCUT2D eigenvalue weighted by atomic mass is 79.9. The Morgan fingerprint density at radius 3 is 2.57 bits per heavy atom. The summed E-state index contributed by atoms with van der Waals surface area (Å²) in [6, 6.07) is 16.8. The van der Waals surface area contributed by atoms with Gasteiger partial charge in [0.15, 0.2) is 0 Å². The van der Waals surface area contributed by atoms with Gasteiger partial charge in [-0.3, -0.25) is 4.79 Å². The molecule has 0 N–H and O–H groups in total. The number of halogens is 2. The summed E-state index contributed by atoms with van der Waals surface area (Å²) in [5.74, 6) is 1.11. The molecule has 0 saturated carbocycles. The van der Waals surface area contributed by atoms with E-state index in [-0.39, 0.29) is 5.91 Å². The molecular formula is C22H16BrClN2O2. The summed E-state index contributed by atoms with van der Waals surface area (Å²) in [7, 11) is 0. The molecular weight excluding hydrogens is 440 g/mol. The molecule has 0 bridgehead atoms. The fraction of sp³-hybridized carbons (Fsp3) is 0.0909. The van der Waals surface area contributed by atoms with E-state index in [0.717, 1.165) is 15.6 Å². The van der Waals surface area contributed by atoms with Crippen LogP contribution in [0.25, 0.3) is 17.4 Å². The highest BCUT2D eigenvalue weighted by molar-refractivity contribution is 9.10. The second-order valence-corrected chi connectivity index (χ2v) is 7.77. The van der Waals surface area contributed by atoms with Gasteiger partial charge in [-0.2, -0.15) is 10.1 Å². The van der Waals surface area contributed by atoms with E-state index >= 15 is 0 Å². The van der Waals surface area contributed by atoms with Gasteiger partial charge >= 0.3 is 0 Å². The number of anilines is 1. The lowest BCUT2D eigenvalue weighted by Crippen LogP contribution is -2.21. The number of benzene rings is 2. The average Bonchev–Trinajstić information content (AvgIpc) is 3.25. The summed E-state index contributed by atoms with van der Waals surface area (Å²) < 4.78 is 6.90. The van der Waals surface area contributed by atoms with E-state index in [1.807, 2.05) is 68.4 Å². The van der Waals surface area contributed by atoms with Crippen molar-refractivity contribution in [1.82, 2.24) is 0 Å². The second-order valence-electron chi connectivity index (χ2n) is 6.45. The third kappa shape index (κ3) is 3.43. The third-order valence-electron chi connectivity index (χ3n) is 4.58. The number of carbonyl (C=O) groups is 1. The Bertz CT molecular complexity index is 1130. The largest absolute Gasteiger partial charge is 0.457 e. The standard InChI is InChI=1S/C22H16BrClN2O2/c1-13-18(4-3-5-20(13)24)21-11-10-17(28-21)12-19-14(2)25-26(22(19)27)16-8-6-15(23)7-9-16/h3-12H,1-2H3/b19-12+. The molecule has 2 heterocycles.